The molecule has 13 nitrogen and oxygen atoms in total. The van der Waals surface area contributed by atoms with Crippen LogP contribution in [0.4, 0.5) is 0 Å². The Balaban J connectivity index is 1.46. The zero-order valence-electron chi connectivity index (χ0n) is 31.4. The van der Waals surface area contributed by atoms with E-state index in [2.05, 4.69) is 16.0 Å². The molecule has 1 saturated carbocycles. The minimum absolute atomic E-state index is 0.0237. The predicted molar refractivity (Wildman–Crippen MR) is 201 cm³/mol. The number of fused-ring (bicyclic) bond motifs is 1. The number of rotatable bonds is 15. The minimum atomic E-state index is -1.20. The van der Waals surface area contributed by atoms with E-state index >= 15 is 0 Å². The zero-order valence-corrected chi connectivity index (χ0v) is 31.4. The van der Waals surface area contributed by atoms with Crippen LogP contribution in [0.2, 0.25) is 0 Å². The average molecular weight is 743 g/mol. The molecule has 0 spiro atoms. The van der Waals surface area contributed by atoms with Crippen LogP contribution in [-0.4, -0.2) is 78.2 Å². The fourth-order valence-electron chi connectivity index (χ4n) is 7.21. The molecule has 3 amide bonds. The molecule has 4 N–H and O–H groups in total. The number of nitrogens with one attached hydrogen (secondary N) is 3. The fraction of sp³-hybridized carbons (Fsp3) is 0.463. The second-order valence-electron chi connectivity index (χ2n) is 14.2. The molecule has 2 aliphatic rings. The van der Waals surface area contributed by atoms with Crippen LogP contribution >= 0.6 is 0 Å². The first-order valence-electron chi connectivity index (χ1n) is 18.6. The lowest BCUT2D eigenvalue weighted by Crippen LogP contribution is -2.56. The number of amides is 3. The molecule has 3 aromatic rings. The summed E-state index contributed by atoms with van der Waals surface area (Å²) >= 11 is 0. The number of esters is 1. The summed E-state index contributed by atoms with van der Waals surface area (Å²) in [5, 5.41) is 18.6. The zero-order chi connectivity index (χ0) is 38.9. The summed E-state index contributed by atoms with van der Waals surface area (Å²) < 4.78 is 17.0. The van der Waals surface area contributed by atoms with Crippen molar-refractivity contribution in [2.45, 2.75) is 89.9 Å². The molecule has 0 bridgehead atoms. The van der Waals surface area contributed by atoms with E-state index in [0.29, 0.717) is 28.1 Å². The van der Waals surface area contributed by atoms with Gasteiger partial charge in [-0.05, 0) is 49.3 Å². The van der Waals surface area contributed by atoms with Crippen molar-refractivity contribution in [2.75, 3.05) is 14.2 Å². The number of methoxy groups -OCH3 is 2. The molecule has 2 aliphatic carbocycles. The van der Waals surface area contributed by atoms with Crippen molar-refractivity contribution in [1.82, 2.24) is 20.9 Å². The highest BCUT2D eigenvalue weighted by Gasteiger charge is 2.40. The Morgan fingerprint density at radius 1 is 0.926 bits per heavy atom. The first-order chi connectivity index (χ1) is 25.9. The van der Waals surface area contributed by atoms with Gasteiger partial charge in [0.15, 0.2) is 0 Å². The van der Waals surface area contributed by atoms with E-state index in [1.54, 1.807) is 52.2 Å². The Morgan fingerprint density at radius 2 is 1.65 bits per heavy atom. The van der Waals surface area contributed by atoms with E-state index in [1.165, 1.54) is 7.11 Å². The van der Waals surface area contributed by atoms with Gasteiger partial charge in [0.05, 0.1) is 31.3 Å². The van der Waals surface area contributed by atoms with Crippen LogP contribution in [0.5, 0.6) is 11.5 Å². The van der Waals surface area contributed by atoms with Gasteiger partial charge in [-0.2, -0.15) is 0 Å². The van der Waals surface area contributed by atoms with Crippen LogP contribution in [0.25, 0.3) is 22.2 Å². The van der Waals surface area contributed by atoms with Crippen LogP contribution in [0.15, 0.2) is 66.2 Å². The monoisotopic (exact) mass is 742 g/mol. The number of pyridine rings is 1. The third kappa shape index (κ3) is 9.36. The van der Waals surface area contributed by atoms with E-state index in [4.69, 9.17) is 19.2 Å². The number of benzene rings is 2. The number of aromatic nitrogens is 1. The van der Waals surface area contributed by atoms with Crippen molar-refractivity contribution in [2.24, 2.45) is 17.8 Å². The maximum absolute atomic E-state index is 14.1. The summed E-state index contributed by atoms with van der Waals surface area (Å²) in [5.41, 5.74) is 2.13. The van der Waals surface area contributed by atoms with Crippen LogP contribution in [0.1, 0.15) is 65.7 Å². The molecule has 54 heavy (non-hydrogen) atoms. The van der Waals surface area contributed by atoms with Crippen LogP contribution in [-0.2, 0) is 28.7 Å². The third-order valence-corrected chi connectivity index (χ3v) is 10.2. The van der Waals surface area contributed by atoms with Crippen molar-refractivity contribution in [3.8, 4) is 22.8 Å². The third-order valence-electron chi connectivity index (χ3n) is 10.2. The molecular weight excluding hydrogens is 692 g/mol. The lowest BCUT2D eigenvalue weighted by atomic mass is 9.83. The van der Waals surface area contributed by atoms with Crippen molar-refractivity contribution < 1.29 is 43.3 Å². The van der Waals surface area contributed by atoms with Gasteiger partial charge >= 0.3 is 11.9 Å². The second-order valence-corrected chi connectivity index (χ2v) is 14.2. The van der Waals surface area contributed by atoms with E-state index in [-0.39, 0.29) is 24.3 Å². The van der Waals surface area contributed by atoms with Crippen molar-refractivity contribution in [1.29, 1.82) is 0 Å². The molecule has 288 valence electrons. The molecule has 5 atom stereocenters. The van der Waals surface area contributed by atoms with E-state index in [1.807, 2.05) is 36.4 Å². The topological polar surface area (TPSA) is 182 Å². The number of carbonyl (C=O) groups is 5. The number of ether oxygens (including phenoxy) is 3. The molecule has 1 aromatic heterocycles. The first-order valence-corrected chi connectivity index (χ1v) is 18.6. The molecule has 2 unspecified atom stereocenters. The Labute approximate surface area is 315 Å². The van der Waals surface area contributed by atoms with Gasteiger partial charge in [-0.1, -0.05) is 70.4 Å². The van der Waals surface area contributed by atoms with Gasteiger partial charge in [-0.3, -0.25) is 14.4 Å². The highest BCUT2D eigenvalue weighted by atomic mass is 16.5. The smallest absolute Gasteiger partial charge is 0.328 e. The number of carbonyl (C=O) groups excluding carboxylic acids is 4. The highest BCUT2D eigenvalue weighted by Crippen LogP contribution is 2.36. The SMILES string of the molecule is CC[C@H](NC(=O)C1CC(Oc2cc(-c3ccccc3)nc3cc(OC)ccc23)C=C1C(=O)N[C@H](C(=O)N[C@H](C(=O)OC)C1CCCCC1)C(C)C)C(=O)O. The second kappa shape index (κ2) is 18.0. The van der Waals surface area contributed by atoms with Crippen LogP contribution in [0, 0.1) is 17.8 Å². The van der Waals surface area contributed by atoms with Gasteiger partial charge in [0.2, 0.25) is 17.7 Å². The van der Waals surface area contributed by atoms with E-state index in [9.17, 15) is 29.1 Å². The predicted octanol–water partition coefficient (Wildman–Crippen LogP) is 4.96. The van der Waals surface area contributed by atoms with Crippen LogP contribution < -0.4 is 25.4 Å². The molecule has 0 saturated heterocycles. The van der Waals surface area contributed by atoms with Crippen molar-refractivity contribution >= 4 is 40.6 Å². The molecule has 13 heteroatoms. The van der Waals surface area contributed by atoms with Crippen molar-refractivity contribution in [3.63, 3.8) is 0 Å². The summed E-state index contributed by atoms with van der Waals surface area (Å²) in [6.07, 6.45) is 5.40. The van der Waals surface area contributed by atoms with E-state index < -0.39 is 65.7 Å². The molecule has 2 aromatic carbocycles. The Hall–Kier alpha value is -5.46. The molecule has 0 aliphatic heterocycles. The van der Waals surface area contributed by atoms with Gasteiger partial charge in [-0.15, -0.1) is 0 Å². The maximum atomic E-state index is 14.1. The first kappa shape index (κ1) is 39.7. The van der Waals surface area contributed by atoms with Gasteiger partial charge in [-0.25, -0.2) is 14.6 Å². The number of hydrogen-bond acceptors (Lipinski definition) is 9. The molecule has 0 radical (unpaired) electrons. The lowest BCUT2D eigenvalue weighted by molar-refractivity contribution is -0.147. The molecule has 1 fully saturated rings. The number of aliphatic carboxylic acids is 1. The number of carboxylic acids is 1. The summed E-state index contributed by atoms with van der Waals surface area (Å²) in [4.78, 5) is 71.2. The molecule has 5 rings (SSSR count). The van der Waals surface area contributed by atoms with Gasteiger partial charge < -0.3 is 35.3 Å². The summed E-state index contributed by atoms with van der Waals surface area (Å²) in [6, 6.07) is 13.7. The molecule has 1 heterocycles. The summed E-state index contributed by atoms with van der Waals surface area (Å²) in [6.45, 7) is 5.17. The van der Waals surface area contributed by atoms with Gasteiger partial charge in [0, 0.05) is 35.1 Å². The lowest BCUT2D eigenvalue weighted by Gasteiger charge is -2.31. The maximum Gasteiger partial charge on any atom is 0.328 e. The Bertz CT molecular complexity index is 1870. The van der Waals surface area contributed by atoms with Crippen molar-refractivity contribution in [3.05, 3.63) is 66.2 Å². The Kier molecular flexibility index (Phi) is 13.3. The number of hydrogen-bond donors (Lipinski definition) is 4. The average Bonchev–Trinajstić information content (AvgIpc) is 3.61. The highest BCUT2D eigenvalue weighted by molar-refractivity contribution is 6.03. The standard InChI is InChI=1S/C41H50N4O9/c1-6-31(40(49)50)43-37(46)29-19-27(54-34-22-32(24-13-9-7-10-14-24)42-33-21-26(52-4)17-18-28(33)34)20-30(29)38(47)44-35(23(2)3)39(48)45-36(41(51)53-5)25-15-11-8-12-16-25/h7,9-10,13-14,17-18,20-23,25,27,29,31,35-36H,6,8,11-12,15-16,19H2,1-5H3,(H,43,46)(H,44,47)(H,45,48)(H,49,50)/t27?,29?,31-,35-,36-/m0/s1. The van der Waals surface area contributed by atoms with E-state index in [0.717, 1.165) is 37.7 Å². The number of nitrogens with zero attached hydrogens (tertiary/aromatic N) is 1. The normalized spacial score (nSPS) is 18.9. The van der Waals surface area contributed by atoms with Gasteiger partial charge in [0.1, 0.15) is 35.7 Å². The minimum Gasteiger partial charge on any atom is -0.497 e. The Morgan fingerprint density at radius 3 is 2.28 bits per heavy atom. The number of carboxylic acid groups (broad SMARTS) is 1. The largest absolute Gasteiger partial charge is 0.497 e. The fourth-order valence-corrected chi connectivity index (χ4v) is 7.21. The quantitative estimate of drug-likeness (QED) is 0.155. The summed E-state index contributed by atoms with van der Waals surface area (Å²) in [7, 11) is 2.85. The van der Waals surface area contributed by atoms with Gasteiger partial charge in [0.25, 0.3) is 0 Å². The molecular formula is C41H50N4O9. The summed E-state index contributed by atoms with van der Waals surface area (Å²) in [5.74, 6) is -4.14. The van der Waals surface area contributed by atoms with Crippen LogP contribution in [0.3, 0.4) is 0 Å².